The molecule has 5 N–H and O–H groups in total. The number of carbonyl (C=O) groups excluding carboxylic acids is 1. The van der Waals surface area contributed by atoms with Crippen molar-refractivity contribution in [1.29, 1.82) is 0 Å². The van der Waals surface area contributed by atoms with E-state index in [0.717, 1.165) is 5.56 Å². The number of aromatic hydroxyl groups is 2. The van der Waals surface area contributed by atoms with Crippen LogP contribution >= 0.6 is 23.2 Å². The summed E-state index contributed by atoms with van der Waals surface area (Å²) in [5.41, 5.74) is 9.43. The summed E-state index contributed by atoms with van der Waals surface area (Å²) in [4.78, 5) is 11.7. The highest BCUT2D eigenvalue weighted by atomic mass is 35.5. The minimum Gasteiger partial charge on any atom is -0.506 e. The van der Waals surface area contributed by atoms with Gasteiger partial charge >= 0.3 is 0 Å². The molecule has 2 rings (SSSR count). The zero-order valence-electron chi connectivity index (χ0n) is 11.8. The predicted octanol–water partition coefficient (Wildman–Crippen LogP) is 2.68. The predicted molar refractivity (Wildman–Crippen MR) is 90.1 cm³/mol. The summed E-state index contributed by atoms with van der Waals surface area (Å²) in [6, 6.07) is 8.15. The van der Waals surface area contributed by atoms with Crippen LogP contribution in [0.25, 0.3) is 0 Å². The number of nitrogens with zero attached hydrogens (tertiary/aromatic N) is 1. The molecule has 0 bridgehead atoms. The van der Waals surface area contributed by atoms with Gasteiger partial charge in [0.05, 0.1) is 17.7 Å². The van der Waals surface area contributed by atoms with Crippen LogP contribution in [0.4, 0.5) is 5.69 Å². The Balaban J connectivity index is 2.01. The van der Waals surface area contributed by atoms with Gasteiger partial charge in [0, 0.05) is 11.3 Å². The number of hydrogen-bond acceptors (Lipinski definition) is 5. The van der Waals surface area contributed by atoms with E-state index < -0.39 is 5.75 Å². The molecule has 8 heteroatoms. The molecule has 0 unspecified atom stereocenters. The van der Waals surface area contributed by atoms with Gasteiger partial charge in [0.2, 0.25) is 5.91 Å². The lowest BCUT2D eigenvalue weighted by molar-refractivity contribution is -0.120. The fourth-order valence-electron chi connectivity index (χ4n) is 1.75. The molecule has 2 aromatic carbocycles. The number of hydrazone groups is 1. The number of phenols is 2. The number of phenolic OH excluding ortho intramolecular Hbond substituents is 2. The number of amides is 1. The van der Waals surface area contributed by atoms with Crippen LogP contribution in [-0.4, -0.2) is 22.3 Å². The molecule has 0 saturated heterocycles. The smallest absolute Gasteiger partial charge is 0.244 e. The lowest BCUT2D eigenvalue weighted by Gasteiger charge is -2.06. The van der Waals surface area contributed by atoms with E-state index in [0.29, 0.717) is 5.69 Å². The first-order valence-electron chi connectivity index (χ1n) is 6.44. The highest BCUT2D eigenvalue weighted by Crippen LogP contribution is 2.40. The monoisotopic (exact) mass is 353 g/mol. The quantitative estimate of drug-likeness (QED) is 0.385. The van der Waals surface area contributed by atoms with Crippen molar-refractivity contribution in [2.45, 2.75) is 6.42 Å². The number of nitrogens with one attached hydrogen (secondary N) is 1. The molecule has 120 valence electrons. The standard InChI is InChI=1S/C15H13Cl2N3O3/c16-11-6-9(14(22)13(17)15(11)23)7-19-20-12(21)5-8-1-3-10(18)4-2-8/h1-4,6-7,22-23H,5,18H2,(H,20,21)/b19-7-. The second-order valence-electron chi connectivity index (χ2n) is 4.67. The van der Waals surface area contributed by atoms with E-state index >= 15 is 0 Å². The molecule has 0 atom stereocenters. The number of hydrogen-bond donors (Lipinski definition) is 4. The third kappa shape index (κ3) is 4.28. The Morgan fingerprint density at radius 2 is 1.87 bits per heavy atom. The molecule has 6 nitrogen and oxygen atoms in total. The number of halogens is 2. The summed E-state index contributed by atoms with van der Waals surface area (Å²) in [5.74, 6) is -1.15. The van der Waals surface area contributed by atoms with Crippen molar-refractivity contribution in [1.82, 2.24) is 5.43 Å². The van der Waals surface area contributed by atoms with Gasteiger partial charge in [-0.2, -0.15) is 5.10 Å². The molecule has 0 heterocycles. The van der Waals surface area contributed by atoms with Gasteiger partial charge in [-0.25, -0.2) is 5.43 Å². The first-order chi connectivity index (χ1) is 10.9. The molecule has 0 aliphatic rings. The molecular formula is C15H13Cl2N3O3. The number of benzene rings is 2. The van der Waals surface area contributed by atoms with Crippen LogP contribution in [-0.2, 0) is 11.2 Å². The Labute approximate surface area is 142 Å². The number of anilines is 1. The molecule has 1 amide bonds. The molecule has 0 aliphatic heterocycles. The molecule has 2 aromatic rings. The van der Waals surface area contributed by atoms with E-state index in [4.69, 9.17) is 28.9 Å². The maximum absolute atomic E-state index is 11.7. The third-order valence-electron chi connectivity index (χ3n) is 2.93. The van der Waals surface area contributed by atoms with Crippen LogP contribution in [0.15, 0.2) is 35.4 Å². The van der Waals surface area contributed by atoms with E-state index in [1.807, 2.05) is 0 Å². The zero-order valence-corrected chi connectivity index (χ0v) is 13.3. The molecule has 0 spiro atoms. The summed E-state index contributed by atoms with van der Waals surface area (Å²) in [7, 11) is 0. The minimum atomic E-state index is -0.421. The Morgan fingerprint density at radius 3 is 2.52 bits per heavy atom. The SMILES string of the molecule is Nc1ccc(CC(=O)N/N=C\c2cc(Cl)c(O)c(Cl)c2O)cc1. The maximum atomic E-state index is 11.7. The second kappa shape index (κ2) is 7.21. The van der Waals surface area contributed by atoms with Crippen LogP contribution in [0.2, 0.25) is 10.0 Å². The molecule has 0 aromatic heterocycles. The molecule has 0 saturated carbocycles. The third-order valence-corrected chi connectivity index (χ3v) is 3.58. The maximum Gasteiger partial charge on any atom is 0.244 e. The van der Waals surface area contributed by atoms with E-state index in [9.17, 15) is 15.0 Å². The average molecular weight is 354 g/mol. The van der Waals surface area contributed by atoms with Gasteiger partial charge in [0.25, 0.3) is 0 Å². The van der Waals surface area contributed by atoms with Gasteiger partial charge in [-0.15, -0.1) is 0 Å². The van der Waals surface area contributed by atoms with Gasteiger partial charge in [0.15, 0.2) is 5.75 Å². The fraction of sp³-hybridized carbons (Fsp3) is 0.0667. The van der Waals surface area contributed by atoms with Crippen molar-refractivity contribution >= 4 is 41.0 Å². The van der Waals surface area contributed by atoms with Crippen LogP contribution in [0.5, 0.6) is 11.5 Å². The van der Waals surface area contributed by atoms with Crippen molar-refractivity contribution in [2.75, 3.05) is 5.73 Å². The van der Waals surface area contributed by atoms with Gasteiger partial charge in [-0.3, -0.25) is 4.79 Å². The Bertz CT molecular complexity index is 762. The first-order valence-corrected chi connectivity index (χ1v) is 7.20. The topological polar surface area (TPSA) is 108 Å². The van der Waals surface area contributed by atoms with E-state index in [2.05, 4.69) is 10.5 Å². The number of rotatable bonds is 4. The van der Waals surface area contributed by atoms with Crippen LogP contribution in [0.3, 0.4) is 0 Å². The summed E-state index contributed by atoms with van der Waals surface area (Å²) in [5, 5.41) is 22.6. The van der Waals surface area contributed by atoms with Crippen molar-refractivity contribution < 1.29 is 15.0 Å². The van der Waals surface area contributed by atoms with Crippen LogP contribution in [0, 0.1) is 0 Å². The first kappa shape index (κ1) is 16.9. The largest absolute Gasteiger partial charge is 0.506 e. The van der Waals surface area contributed by atoms with E-state index in [1.165, 1.54) is 12.3 Å². The molecule has 0 radical (unpaired) electrons. The summed E-state index contributed by atoms with van der Waals surface area (Å²) < 4.78 is 0. The van der Waals surface area contributed by atoms with E-state index in [-0.39, 0.29) is 33.7 Å². The normalized spacial score (nSPS) is 10.9. The second-order valence-corrected chi connectivity index (χ2v) is 5.46. The molecule has 23 heavy (non-hydrogen) atoms. The molecule has 0 fully saturated rings. The number of nitrogen functional groups attached to an aromatic ring is 1. The molecule has 0 aliphatic carbocycles. The number of nitrogens with two attached hydrogens (primary N) is 1. The van der Waals surface area contributed by atoms with Crippen LogP contribution in [0.1, 0.15) is 11.1 Å². The Kier molecular flexibility index (Phi) is 5.31. The average Bonchev–Trinajstić information content (AvgIpc) is 2.52. The van der Waals surface area contributed by atoms with Gasteiger partial charge < -0.3 is 15.9 Å². The van der Waals surface area contributed by atoms with Crippen molar-refractivity contribution in [3.05, 3.63) is 51.5 Å². The minimum absolute atomic E-state index is 0.0394. The summed E-state index contributed by atoms with van der Waals surface area (Å²) in [6.45, 7) is 0. The molecular weight excluding hydrogens is 341 g/mol. The number of carbonyl (C=O) groups is 1. The van der Waals surface area contributed by atoms with Crippen molar-refractivity contribution in [2.24, 2.45) is 5.10 Å². The lowest BCUT2D eigenvalue weighted by atomic mass is 10.1. The van der Waals surface area contributed by atoms with Gasteiger partial charge in [-0.05, 0) is 23.8 Å². The lowest BCUT2D eigenvalue weighted by Crippen LogP contribution is -2.19. The zero-order chi connectivity index (χ0) is 17.0. The van der Waals surface area contributed by atoms with Crippen molar-refractivity contribution in [3.63, 3.8) is 0 Å². The fourth-order valence-corrected chi connectivity index (χ4v) is 2.22. The van der Waals surface area contributed by atoms with Crippen molar-refractivity contribution in [3.8, 4) is 11.5 Å². The van der Waals surface area contributed by atoms with Gasteiger partial charge in [-0.1, -0.05) is 35.3 Å². The van der Waals surface area contributed by atoms with Crippen LogP contribution < -0.4 is 11.2 Å². The highest BCUT2D eigenvalue weighted by Gasteiger charge is 2.13. The Morgan fingerprint density at radius 1 is 1.22 bits per heavy atom. The summed E-state index contributed by atoms with van der Waals surface area (Å²) in [6.07, 6.45) is 1.30. The summed E-state index contributed by atoms with van der Waals surface area (Å²) >= 11 is 11.5. The Hall–Kier alpha value is -2.44. The highest BCUT2D eigenvalue weighted by molar-refractivity contribution is 6.38. The van der Waals surface area contributed by atoms with Gasteiger partial charge in [0.1, 0.15) is 10.8 Å². The van der Waals surface area contributed by atoms with E-state index in [1.54, 1.807) is 24.3 Å².